The summed E-state index contributed by atoms with van der Waals surface area (Å²) in [6, 6.07) is 6.99. The minimum atomic E-state index is -0.567. The Morgan fingerprint density at radius 1 is 1.09 bits per heavy atom. The van der Waals surface area contributed by atoms with Gasteiger partial charge < -0.3 is 24.5 Å². The van der Waals surface area contributed by atoms with Gasteiger partial charge >= 0.3 is 6.09 Å². The number of alkyl carbamates (subject to hydrolysis) is 1. The number of methoxy groups -OCH3 is 1. The minimum Gasteiger partial charge on any atom is -0.497 e. The Hall–Kier alpha value is -2.75. The maximum Gasteiger partial charge on any atom is 0.407 e. The van der Waals surface area contributed by atoms with Crippen LogP contribution < -0.4 is 15.4 Å². The molecule has 1 saturated carbocycles. The number of aromatic nitrogens is 2. The van der Waals surface area contributed by atoms with Crippen molar-refractivity contribution >= 4 is 23.8 Å². The second kappa shape index (κ2) is 10.7. The van der Waals surface area contributed by atoms with Crippen molar-refractivity contribution in [1.29, 1.82) is 0 Å². The molecular formula is C22H30N4O5S. The topological polar surface area (TPSA) is 116 Å². The Morgan fingerprint density at radius 3 is 2.38 bits per heavy atom. The molecule has 2 aromatic rings. The molecule has 1 fully saturated rings. The van der Waals surface area contributed by atoms with Gasteiger partial charge in [-0.3, -0.25) is 4.79 Å². The highest BCUT2D eigenvalue weighted by molar-refractivity contribution is 7.99. The van der Waals surface area contributed by atoms with E-state index in [1.165, 1.54) is 11.8 Å². The molecule has 2 N–H and O–H groups in total. The lowest BCUT2D eigenvalue weighted by Crippen LogP contribution is -2.54. The first-order valence-electron chi connectivity index (χ1n) is 10.6. The molecule has 32 heavy (non-hydrogen) atoms. The summed E-state index contributed by atoms with van der Waals surface area (Å²) >= 11 is 1.17. The van der Waals surface area contributed by atoms with Crippen LogP contribution in [0, 0.1) is 0 Å². The standard InChI is InChI=1S/C22H30N4O5S/c1-22(2,3)31-20(28)24-17-8-6-5-7-16(17)23-18(27)13-32-21-26-25-19(30-21)14-9-11-15(29-4)12-10-14/h9-12,16-17H,5-8,13H2,1-4H3,(H,23,27)(H,24,28)/t16-,17+/m0/s1. The fourth-order valence-electron chi connectivity index (χ4n) is 3.43. The van der Waals surface area contributed by atoms with Gasteiger partial charge in [-0.25, -0.2) is 4.79 Å². The fraction of sp³-hybridized carbons (Fsp3) is 0.545. The monoisotopic (exact) mass is 462 g/mol. The van der Waals surface area contributed by atoms with E-state index >= 15 is 0 Å². The highest BCUT2D eigenvalue weighted by atomic mass is 32.2. The van der Waals surface area contributed by atoms with E-state index in [4.69, 9.17) is 13.9 Å². The number of thioether (sulfide) groups is 1. The lowest BCUT2D eigenvalue weighted by Gasteiger charge is -2.33. The Balaban J connectivity index is 1.50. The third-order valence-corrected chi connectivity index (χ3v) is 5.70. The number of nitrogens with one attached hydrogen (secondary N) is 2. The summed E-state index contributed by atoms with van der Waals surface area (Å²) in [4.78, 5) is 24.7. The summed E-state index contributed by atoms with van der Waals surface area (Å²) < 4.78 is 16.1. The van der Waals surface area contributed by atoms with E-state index in [0.29, 0.717) is 11.1 Å². The van der Waals surface area contributed by atoms with Crippen LogP contribution in [0.25, 0.3) is 11.5 Å². The fourth-order valence-corrected chi connectivity index (χ4v) is 4.00. The van der Waals surface area contributed by atoms with Crippen LogP contribution in [0.3, 0.4) is 0 Å². The zero-order chi connectivity index (χ0) is 23.1. The number of ether oxygens (including phenoxy) is 2. The molecule has 10 heteroatoms. The molecule has 2 atom stereocenters. The molecule has 1 aromatic heterocycles. The van der Waals surface area contributed by atoms with Crippen molar-refractivity contribution in [2.75, 3.05) is 12.9 Å². The number of benzene rings is 1. The third kappa shape index (κ3) is 7.15. The maximum absolute atomic E-state index is 12.5. The van der Waals surface area contributed by atoms with Gasteiger partial charge in [0.2, 0.25) is 11.8 Å². The van der Waals surface area contributed by atoms with Crippen molar-refractivity contribution in [2.45, 2.75) is 69.4 Å². The van der Waals surface area contributed by atoms with Gasteiger partial charge in [0.15, 0.2) is 0 Å². The summed E-state index contributed by atoms with van der Waals surface area (Å²) in [5, 5.41) is 14.3. The zero-order valence-electron chi connectivity index (χ0n) is 18.8. The van der Waals surface area contributed by atoms with Crippen LogP contribution in [-0.4, -0.2) is 52.7 Å². The van der Waals surface area contributed by atoms with Crippen molar-refractivity contribution in [3.05, 3.63) is 24.3 Å². The summed E-state index contributed by atoms with van der Waals surface area (Å²) in [7, 11) is 1.60. The van der Waals surface area contributed by atoms with E-state index in [9.17, 15) is 9.59 Å². The number of rotatable bonds is 7. The van der Waals surface area contributed by atoms with Crippen molar-refractivity contribution < 1.29 is 23.5 Å². The van der Waals surface area contributed by atoms with Crippen LogP contribution in [0.1, 0.15) is 46.5 Å². The molecular weight excluding hydrogens is 432 g/mol. The molecule has 0 radical (unpaired) electrons. The van der Waals surface area contributed by atoms with Crippen molar-refractivity contribution in [3.8, 4) is 17.2 Å². The van der Waals surface area contributed by atoms with Gasteiger partial charge in [0, 0.05) is 11.6 Å². The second-order valence-corrected chi connectivity index (χ2v) is 9.53. The molecule has 1 aromatic carbocycles. The Bertz CT molecular complexity index is 910. The first-order valence-corrected chi connectivity index (χ1v) is 11.6. The highest BCUT2D eigenvalue weighted by Gasteiger charge is 2.29. The first kappa shape index (κ1) is 23.9. The minimum absolute atomic E-state index is 0.137. The van der Waals surface area contributed by atoms with Crippen LogP contribution >= 0.6 is 11.8 Å². The smallest absolute Gasteiger partial charge is 0.407 e. The maximum atomic E-state index is 12.5. The number of carbonyl (C=O) groups is 2. The molecule has 174 valence electrons. The number of amides is 2. The average molecular weight is 463 g/mol. The molecule has 0 unspecified atom stereocenters. The summed E-state index contributed by atoms with van der Waals surface area (Å²) in [5.74, 6) is 1.10. The molecule has 3 rings (SSSR count). The summed E-state index contributed by atoms with van der Waals surface area (Å²) in [6.45, 7) is 5.46. The summed E-state index contributed by atoms with van der Waals surface area (Å²) in [6.07, 6.45) is 3.14. The van der Waals surface area contributed by atoms with E-state index < -0.39 is 11.7 Å². The van der Waals surface area contributed by atoms with Gasteiger partial charge in [-0.15, -0.1) is 10.2 Å². The number of carbonyl (C=O) groups excluding carboxylic acids is 2. The molecule has 9 nitrogen and oxygen atoms in total. The van der Waals surface area contributed by atoms with Crippen LogP contribution in [0.15, 0.2) is 33.9 Å². The molecule has 0 aliphatic heterocycles. The summed E-state index contributed by atoms with van der Waals surface area (Å²) in [5.41, 5.74) is 0.205. The molecule has 0 saturated heterocycles. The quantitative estimate of drug-likeness (QED) is 0.597. The third-order valence-electron chi connectivity index (χ3n) is 4.88. The molecule has 0 spiro atoms. The zero-order valence-corrected chi connectivity index (χ0v) is 19.7. The Labute approximate surface area is 192 Å². The Kier molecular flexibility index (Phi) is 8.00. The second-order valence-electron chi connectivity index (χ2n) is 8.60. The number of nitrogens with zero attached hydrogens (tertiary/aromatic N) is 2. The van der Waals surface area contributed by atoms with Gasteiger partial charge in [-0.1, -0.05) is 24.6 Å². The number of hydrogen-bond acceptors (Lipinski definition) is 8. The predicted molar refractivity (Wildman–Crippen MR) is 121 cm³/mol. The van der Waals surface area contributed by atoms with Crippen molar-refractivity contribution in [1.82, 2.24) is 20.8 Å². The highest BCUT2D eigenvalue weighted by Crippen LogP contribution is 2.25. The van der Waals surface area contributed by atoms with Crippen LogP contribution in [0.2, 0.25) is 0 Å². The lowest BCUT2D eigenvalue weighted by atomic mass is 9.90. The molecule has 0 bridgehead atoms. The van der Waals surface area contributed by atoms with E-state index in [0.717, 1.165) is 37.0 Å². The molecule has 1 heterocycles. The SMILES string of the molecule is COc1ccc(-c2nnc(SCC(=O)N[C@H]3CCCC[C@H]3NC(=O)OC(C)(C)C)o2)cc1. The van der Waals surface area contributed by atoms with E-state index in [-0.39, 0.29) is 23.7 Å². The van der Waals surface area contributed by atoms with Gasteiger partial charge in [-0.05, 0) is 57.9 Å². The van der Waals surface area contributed by atoms with Crippen molar-refractivity contribution in [3.63, 3.8) is 0 Å². The molecule has 2 amide bonds. The molecule has 1 aliphatic rings. The largest absolute Gasteiger partial charge is 0.497 e. The van der Waals surface area contributed by atoms with Gasteiger partial charge in [-0.2, -0.15) is 0 Å². The number of hydrogen-bond donors (Lipinski definition) is 2. The first-order chi connectivity index (χ1) is 15.2. The van der Waals surface area contributed by atoms with Gasteiger partial charge in [0.05, 0.1) is 18.9 Å². The van der Waals surface area contributed by atoms with E-state index in [2.05, 4.69) is 20.8 Å². The predicted octanol–water partition coefficient (Wildman–Crippen LogP) is 3.79. The average Bonchev–Trinajstić information content (AvgIpc) is 3.21. The van der Waals surface area contributed by atoms with Crippen molar-refractivity contribution in [2.24, 2.45) is 0 Å². The normalized spacial score (nSPS) is 18.6. The van der Waals surface area contributed by atoms with E-state index in [1.54, 1.807) is 7.11 Å². The van der Waals surface area contributed by atoms with Crippen LogP contribution in [0.5, 0.6) is 5.75 Å². The Morgan fingerprint density at radius 2 is 1.75 bits per heavy atom. The van der Waals surface area contributed by atoms with Crippen LogP contribution in [0.4, 0.5) is 4.79 Å². The lowest BCUT2D eigenvalue weighted by molar-refractivity contribution is -0.119. The van der Waals surface area contributed by atoms with E-state index in [1.807, 2.05) is 45.0 Å². The van der Waals surface area contributed by atoms with Gasteiger partial charge in [0.25, 0.3) is 5.22 Å². The van der Waals surface area contributed by atoms with Gasteiger partial charge in [0.1, 0.15) is 11.4 Å². The molecule has 1 aliphatic carbocycles. The van der Waals surface area contributed by atoms with Crippen LogP contribution in [-0.2, 0) is 9.53 Å².